The highest BCUT2D eigenvalue weighted by molar-refractivity contribution is 7.80. The minimum Gasteiger partial charge on any atom is -0.508 e. The molecule has 27 heavy (non-hydrogen) atoms. The SMILES string of the molecule is O=C1NC(=S)N(c2ccc(Cl)cc2)C(=O)C1=Cc1cc(O)ccc1[N+](=O)[O-]. The van der Waals surface area contributed by atoms with Crippen LogP contribution in [0.25, 0.3) is 6.08 Å². The molecule has 0 saturated carbocycles. The Morgan fingerprint density at radius 2 is 1.85 bits per heavy atom. The first-order valence-corrected chi connectivity index (χ1v) is 8.21. The fraction of sp³-hybridized carbons (Fsp3) is 0. The molecule has 0 bridgehead atoms. The zero-order valence-corrected chi connectivity index (χ0v) is 15.0. The lowest BCUT2D eigenvalue weighted by Gasteiger charge is -2.28. The minimum atomic E-state index is -0.798. The number of hydrogen-bond donors (Lipinski definition) is 2. The molecule has 3 rings (SSSR count). The molecule has 1 heterocycles. The number of phenolic OH excluding ortho intramolecular Hbond substituents is 1. The summed E-state index contributed by atoms with van der Waals surface area (Å²) in [6, 6.07) is 9.48. The second-order valence-corrected chi connectivity index (χ2v) is 6.26. The number of halogens is 1. The Hall–Kier alpha value is -3.30. The summed E-state index contributed by atoms with van der Waals surface area (Å²) in [4.78, 5) is 36.7. The second-order valence-electron chi connectivity index (χ2n) is 5.43. The monoisotopic (exact) mass is 403 g/mol. The molecule has 1 fully saturated rings. The smallest absolute Gasteiger partial charge is 0.276 e. The molecule has 1 aliphatic heterocycles. The highest BCUT2D eigenvalue weighted by Gasteiger charge is 2.35. The third kappa shape index (κ3) is 3.64. The lowest BCUT2D eigenvalue weighted by molar-refractivity contribution is -0.385. The van der Waals surface area contributed by atoms with Crippen molar-refractivity contribution in [3.63, 3.8) is 0 Å². The van der Waals surface area contributed by atoms with Gasteiger partial charge in [-0.1, -0.05) is 11.6 Å². The van der Waals surface area contributed by atoms with Gasteiger partial charge in [0.1, 0.15) is 11.3 Å². The quantitative estimate of drug-likeness (QED) is 0.268. The standard InChI is InChI=1S/C17H10ClN3O5S/c18-10-1-3-11(4-2-10)20-16(24)13(15(23)19-17(20)27)8-9-7-12(22)5-6-14(9)21(25)26/h1-8,22H,(H,19,23,27). The van der Waals surface area contributed by atoms with Gasteiger partial charge in [0.25, 0.3) is 17.5 Å². The largest absolute Gasteiger partial charge is 0.508 e. The van der Waals surface area contributed by atoms with Crippen LogP contribution in [-0.4, -0.2) is 27.0 Å². The van der Waals surface area contributed by atoms with E-state index in [9.17, 15) is 24.8 Å². The molecule has 2 amide bonds. The summed E-state index contributed by atoms with van der Waals surface area (Å²) >= 11 is 10.9. The van der Waals surface area contributed by atoms with E-state index in [2.05, 4.69) is 5.32 Å². The molecule has 0 aromatic heterocycles. The predicted octanol–water partition coefficient (Wildman–Crippen LogP) is 2.79. The molecule has 0 unspecified atom stereocenters. The zero-order valence-electron chi connectivity index (χ0n) is 13.4. The molecule has 2 aromatic rings. The van der Waals surface area contributed by atoms with Gasteiger partial charge < -0.3 is 5.11 Å². The molecular weight excluding hydrogens is 394 g/mol. The third-order valence-corrected chi connectivity index (χ3v) is 4.23. The fourth-order valence-electron chi connectivity index (χ4n) is 2.46. The molecule has 2 aromatic carbocycles. The molecule has 0 aliphatic carbocycles. The Balaban J connectivity index is 2.09. The minimum absolute atomic E-state index is 0.0950. The molecule has 0 radical (unpaired) electrons. The van der Waals surface area contributed by atoms with E-state index in [0.29, 0.717) is 10.7 Å². The second kappa shape index (κ2) is 7.14. The number of hydrogen-bond acceptors (Lipinski definition) is 6. The maximum atomic E-state index is 12.8. The highest BCUT2D eigenvalue weighted by atomic mass is 35.5. The number of benzene rings is 2. The first kappa shape index (κ1) is 18.5. The Morgan fingerprint density at radius 3 is 2.48 bits per heavy atom. The Labute approximate surface area is 162 Å². The van der Waals surface area contributed by atoms with E-state index in [1.54, 1.807) is 24.3 Å². The maximum absolute atomic E-state index is 12.8. The number of thiocarbonyl (C=S) groups is 1. The first-order valence-electron chi connectivity index (χ1n) is 7.42. The van der Waals surface area contributed by atoms with Gasteiger partial charge in [0, 0.05) is 11.1 Å². The number of anilines is 1. The van der Waals surface area contributed by atoms with Gasteiger partial charge in [0.15, 0.2) is 5.11 Å². The summed E-state index contributed by atoms with van der Waals surface area (Å²) in [7, 11) is 0. The van der Waals surface area contributed by atoms with Crippen molar-refractivity contribution >= 4 is 58.2 Å². The molecule has 0 atom stereocenters. The average molecular weight is 404 g/mol. The van der Waals surface area contributed by atoms with Gasteiger partial charge in [-0.25, -0.2) is 0 Å². The summed E-state index contributed by atoms with van der Waals surface area (Å²) in [5.74, 6) is -1.81. The number of amides is 2. The van der Waals surface area contributed by atoms with Gasteiger partial charge >= 0.3 is 0 Å². The number of nitrogens with one attached hydrogen (secondary N) is 1. The van der Waals surface area contributed by atoms with Crippen LogP contribution >= 0.6 is 23.8 Å². The van der Waals surface area contributed by atoms with Crippen molar-refractivity contribution < 1.29 is 19.6 Å². The topological polar surface area (TPSA) is 113 Å². The van der Waals surface area contributed by atoms with Crippen molar-refractivity contribution in [1.29, 1.82) is 0 Å². The first-order chi connectivity index (χ1) is 12.8. The highest BCUT2D eigenvalue weighted by Crippen LogP contribution is 2.28. The zero-order chi connectivity index (χ0) is 19.7. The number of carbonyl (C=O) groups is 2. The Morgan fingerprint density at radius 1 is 1.19 bits per heavy atom. The van der Waals surface area contributed by atoms with Crippen LogP contribution in [0.5, 0.6) is 5.75 Å². The number of nitro groups is 1. The molecule has 10 heteroatoms. The van der Waals surface area contributed by atoms with Gasteiger partial charge in [-0.05, 0) is 54.7 Å². The molecule has 1 saturated heterocycles. The number of nitrogens with zero attached hydrogens (tertiary/aromatic N) is 2. The van der Waals surface area contributed by atoms with Crippen molar-refractivity contribution in [3.05, 3.63) is 68.7 Å². The number of phenols is 1. The molecule has 2 N–H and O–H groups in total. The van der Waals surface area contributed by atoms with Crippen LogP contribution in [0.4, 0.5) is 11.4 Å². The van der Waals surface area contributed by atoms with Gasteiger partial charge in [-0.2, -0.15) is 0 Å². The number of nitro benzene ring substituents is 1. The summed E-state index contributed by atoms with van der Waals surface area (Å²) in [6.45, 7) is 0. The van der Waals surface area contributed by atoms with Crippen molar-refractivity contribution in [2.24, 2.45) is 0 Å². The number of aromatic hydroxyl groups is 1. The van der Waals surface area contributed by atoms with Crippen LogP contribution in [0.3, 0.4) is 0 Å². The van der Waals surface area contributed by atoms with Crippen LogP contribution in [0.1, 0.15) is 5.56 Å². The van der Waals surface area contributed by atoms with E-state index >= 15 is 0 Å². The van der Waals surface area contributed by atoms with Crippen molar-refractivity contribution in [2.45, 2.75) is 0 Å². The van der Waals surface area contributed by atoms with Gasteiger partial charge in [0.2, 0.25) is 0 Å². The van der Waals surface area contributed by atoms with Crippen LogP contribution in [0, 0.1) is 10.1 Å². The molecule has 0 spiro atoms. The van der Waals surface area contributed by atoms with Gasteiger partial charge in [-0.3, -0.25) is 29.9 Å². The number of carbonyl (C=O) groups excluding carboxylic acids is 2. The van der Waals surface area contributed by atoms with Crippen molar-refractivity contribution in [2.75, 3.05) is 4.90 Å². The molecule has 136 valence electrons. The van der Waals surface area contributed by atoms with E-state index in [-0.39, 0.29) is 27.7 Å². The summed E-state index contributed by atoms with van der Waals surface area (Å²) in [5.41, 5.74) is -0.465. The Kier molecular flexibility index (Phi) is 4.89. The lowest BCUT2D eigenvalue weighted by Crippen LogP contribution is -2.54. The van der Waals surface area contributed by atoms with Crippen LogP contribution in [0.2, 0.25) is 5.02 Å². The fourth-order valence-corrected chi connectivity index (χ4v) is 2.87. The Bertz CT molecular complexity index is 1020. The maximum Gasteiger partial charge on any atom is 0.276 e. The molecule has 8 nitrogen and oxygen atoms in total. The van der Waals surface area contributed by atoms with E-state index in [0.717, 1.165) is 29.2 Å². The normalized spacial score (nSPS) is 15.8. The number of rotatable bonds is 3. The van der Waals surface area contributed by atoms with E-state index in [4.69, 9.17) is 23.8 Å². The van der Waals surface area contributed by atoms with Gasteiger partial charge in [0.05, 0.1) is 16.2 Å². The molecule has 1 aliphatic rings. The lowest BCUT2D eigenvalue weighted by atomic mass is 10.1. The average Bonchev–Trinajstić information content (AvgIpc) is 2.60. The van der Waals surface area contributed by atoms with Crippen LogP contribution in [-0.2, 0) is 9.59 Å². The van der Waals surface area contributed by atoms with Crippen molar-refractivity contribution in [3.8, 4) is 5.75 Å². The molecular formula is C17H10ClN3O5S. The summed E-state index contributed by atoms with van der Waals surface area (Å²) in [5, 5.41) is 23.5. The summed E-state index contributed by atoms with van der Waals surface area (Å²) in [6.07, 6.45) is 1.04. The van der Waals surface area contributed by atoms with Crippen LogP contribution < -0.4 is 10.2 Å². The van der Waals surface area contributed by atoms with E-state index in [1.165, 1.54) is 0 Å². The van der Waals surface area contributed by atoms with Gasteiger partial charge in [-0.15, -0.1) is 0 Å². The summed E-state index contributed by atoms with van der Waals surface area (Å²) < 4.78 is 0. The van der Waals surface area contributed by atoms with E-state index in [1.807, 2.05) is 0 Å². The van der Waals surface area contributed by atoms with Crippen LogP contribution in [0.15, 0.2) is 48.0 Å². The third-order valence-electron chi connectivity index (χ3n) is 3.69. The van der Waals surface area contributed by atoms with Crippen molar-refractivity contribution in [1.82, 2.24) is 5.32 Å². The predicted molar refractivity (Wildman–Crippen MR) is 102 cm³/mol. The van der Waals surface area contributed by atoms with E-state index < -0.39 is 16.7 Å².